The number of Topliss-reactive ketones (excluding diaryl/α,β-unsaturated/α-hetero) is 1. The van der Waals surface area contributed by atoms with Gasteiger partial charge in [0.25, 0.3) is 0 Å². The molecule has 1 saturated carbocycles. The summed E-state index contributed by atoms with van der Waals surface area (Å²) in [5.41, 5.74) is 5.92. The molecule has 0 amide bonds. The van der Waals surface area contributed by atoms with Crippen molar-refractivity contribution in [2.24, 2.45) is 11.7 Å². The second-order valence-electron chi connectivity index (χ2n) is 5.41. The molecule has 1 saturated heterocycles. The Morgan fingerprint density at radius 3 is 2.88 bits per heavy atom. The van der Waals surface area contributed by atoms with Crippen molar-refractivity contribution in [1.82, 2.24) is 0 Å². The molecule has 3 nitrogen and oxygen atoms in total. The fraction of sp³-hybridized carbons (Fsp3) is 0.923. The van der Waals surface area contributed by atoms with Crippen LogP contribution in [-0.2, 0) is 9.53 Å². The van der Waals surface area contributed by atoms with Crippen LogP contribution in [0.5, 0.6) is 0 Å². The van der Waals surface area contributed by atoms with E-state index in [1.807, 2.05) is 6.92 Å². The number of ether oxygens (including phenoxy) is 1. The van der Waals surface area contributed by atoms with Gasteiger partial charge in [0.1, 0.15) is 5.78 Å². The summed E-state index contributed by atoms with van der Waals surface area (Å²) in [7, 11) is 0. The topological polar surface area (TPSA) is 52.3 Å². The van der Waals surface area contributed by atoms with Crippen molar-refractivity contribution < 1.29 is 9.53 Å². The van der Waals surface area contributed by atoms with E-state index in [2.05, 4.69) is 0 Å². The molecular weight excluding hydrogens is 202 g/mol. The van der Waals surface area contributed by atoms with E-state index in [1.165, 1.54) is 6.42 Å². The first-order chi connectivity index (χ1) is 7.65. The smallest absolute Gasteiger partial charge is 0.137 e. The van der Waals surface area contributed by atoms with Gasteiger partial charge in [0.2, 0.25) is 0 Å². The fourth-order valence-electron chi connectivity index (χ4n) is 2.79. The summed E-state index contributed by atoms with van der Waals surface area (Å²) < 4.78 is 5.83. The van der Waals surface area contributed by atoms with Gasteiger partial charge in [0.05, 0.1) is 5.60 Å². The van der Waals surface area contributed by atoms with Gasteiger partial charge in [-0.15, -0.1) is 0 Å². The highest BCUT2D eigenvalue weighted by molar-refractivity contribution is 5.81. The maximum absolute atomic E-state index is 12.1. The molecule has 92 valence electrons. The number of ketones is 1. The van der Waals surface area contributed by atoms with Gasteiger partial charge in [0, 0.05) is 25.0 Å². The summed E-state index contributed by atoms with van der Waals surface area (Å²) in [6.07, 6.45) is 6.85. The molecule has 0 bridgehead atoms. The van der Waals surface area contributed by atoms with Gasteiger partial charge in [-0.2, -0.15) is 0 Å². The third kappa shape index (κ3) is 2.46. The normalized spacial score (nSPS) is 29.8. The Morgan fingerprint density at radius 2 is 2.31 bits per heavy atom. The average molecular weight is 225 g/mol. The minimum absolute atomic E-state index is 0.0488. The van der Waals surface area contributed by atoms with Crippen molar-refractivity contribution >= 4 is 5.78 Å². The molecule has 0 aromatic heterocycles. The Hall–Kier alpha value is -0.410. The number of carbonyl (C=O) groups is 1. The van der Waals surface area contributed by atoms with Crippen LogP contribution < -0.4 is 5.73 Å². The van der Waals surface area contributed by atoms with Crippen LogP contribution in [0.15, 0.2) is 0 Å². The Balaban J connectivity index is 1.86. The molecule has 3 heteroatoms. The Bertz CT molecular complexity index is 261. The van der Waals surface area contributed by atoms with Gasteiger partial charge in [-0.25, -0.2) is 0 Å². The molecule has 2 fully saturated rings. The van der Waals surface area contributed by atoms with Gasteiger partial charge in [-0.3, -0.25) is 4.79 Å². The summed E-state index contributed by atoms with van der Waals surface area (Å²) in [6.45, 7) is 2.80. The number of rotatable bonds is 4. The van der Waals surface area contributed by atoms with Gasteiger partial charge >= 0.3 is 0 Å². The van der Waals surface area contributed by atoms with Crippen molar-refractivity contribution in [1.29, 1.82) is 0 Å². The lowest BCUT2D eigenvalue weighted by Crippen LogP contribution is -2.47. The number of hydrogen-bond donors (Lipinski definition) is 1. The van der Waals surface area contributed by atoms with E-state index in [0.717, 1.165) is 38.7 Å². The number of hydrogen-bond acceptors (Lipinski definition) is 3. The first-order valence-electron chi connectivity index (χ1n) is 6.57. The molecule has 1 heterocycles. The largest absolute Gasteiger partial charge is 0.375 e. The lowest BCUT2D eigenvalue weighted by Gasteiger charge is -2.47. The summed E-state index contributed by atoms with van der Waals surface area (Å²) in [5.74, 6) is 0.579. The minimum Gasteiger partial charge on any atom is -0.375 e. The maximum Gasteiger partial charge on any atom is 0.137 e. The molecule has 1 spiro atoms. The second-order valence-corrected chi connectivity index (χ2v) is 5.41. The third-order valence-electron chi connectivity index (χ3n) is 4.20. The molecule has 0 radical (unpaired) electrons. The fourth-order valence-corrected chi connectivity index (χ4v) is 2.79. The van der Waals surface area contributed by atoms with E-state index in [1.54, 1.807) is 0 Å². The highest BCUT2D eigenvalue weighted by Crippen LogP contribution is 2.44. The second kappa shape index (κ2) is 4.84. The standard InChI is InChI=1S/C13H23NO2/c1-2-11(14)8-12(15)10-4-7-16-13(9-10)5-3-6-13/h10-11H,2-9,14H2,1H3. The quantitative estimate of drug-likeness (QED) is 0.796. The molecule has 0 aromatic carbocycles. The highest BCUT2D eigenvalue weighted by atomic mass is 16.5. The molecule has 2 N–H and O–H groups in total. The highest BCUT2D eigenvalue weighted by Gasteiger charge is 2.44. The zero-order valence-corrected chi connectivity index (χ0v) is 10.2. The lowest BCUT2D eigenvalue weighted by molar-refractivity contribution is -0.155. The summed E-state index contributed by atoms with van der Waals surface area (Å²) in [5, 5.41) is 0. The van der Waals surface area contributed by atoms with Crippen LogP contribution in [0.25, 0.3) is 0 Å². The molecular formula is C13H23NO2. The molecule has 1 aliphatic carbocycles. The van der Waals surface area contributed by atoms with Crippen LogP contribution in [0.2, 0.25) is 0 Å². The molecule has 2 unspecified atom stereocenters. The van der Waals surface area contributed by atoms with Crippen LogP contribution in [0.3, 0.4) is 0 Å². The van der Waals surface area contributed by atoms with E-state index in [-0.39, 0.29) is 17.6 Å². The molecule has 2 atom stereocenters. The van der Waals surface area contributed by atoms with Crippen molar-refractivity contribution in [2.45, 2.75) is 63.5 Å². The molecule has 2 rings (SSSR count). The van der Waals surface area contributed by atoms with Crippen LogP contribution in [-0.4, -0.2) is 24.0 Å². The van der Waals surface area contributed by atoms with Crippen molar-refractivity contribution in [3.05, 3.63) is 0 Å². The monoisotopic (exact) mass is 225 g/mol. The molecule has 2 aliphatic rings. The summed E-state index contributed by atoms with van der Waals surface area (Å²) in [6, 6.07) is 0.0488. The number of nitrogens with two attached hydrogens (primary N) is 1. The zero-order chi connectivity index (χ0) is 11.6. The molecule has 0 aromatic rings. The van der Waals surface area contributed by atoms with Crippen molar-refractivity contribution in [3.8, 4) is 0 Å². The maximum atomic E-state index is 12.1. The van der Waals surface area contributed by atoms with Gasteiger partial charge < -0.3 is 10.5 Å². The van der Waals surface area contributed by atoms with Crippen LogP contribution in [0, 0.1) is 5.92 Å². The Kier molecular flexibility index (Phi) is 3.65. The van der Waals surface area contributed by atoms with E-state index < -0.39 is 0 Å². The Labute approximate surface area is 97.7 Å². The van der Waals surface area contributed by atoms with E-state index in [0.29, 0.717) is 12.2 Å². The van der Waals surface area contributed by atoms with Crippen molar-refractivity contribution in [3.63, 3.8) is 0 Å². The first-order valence-corrected chi connectivity index (χ1v) is 6.57. The van der Waals surface area contributed by atoms with Gasteiger partial charge in [-0.1, -0.05) is 6.92 Å². The van der Waals surface area contributed by atoms with Crippen LogP contribution >= 0.6 is 0 Å². The summed E-state index contributed by atoms with van der Waals surface area (Å²) >= 11 is 0. The average Bonchev–Trinajstić information content (AvgIpc) is 2.27. The molecule has 16 heavy (non-hydrogen) atoms. The van der Waals surface area contributed by atoms with Gasteiger partial charge in [0.15, 0.2) is 0 Å². The predicted molar refractivity (Wildman–Crippen MR) is 63.1 cm³/mol. The minimum atomic E-state index is 0.0488. The predicted octanol–water partition coefficient (Wildman–Crippen LogP) is 2.03. The summed E-state index contributed by atoms with van der Waals surface area (Å²) in [4.78, 5) is 12.1. The third-order valence-corrected chi connectivity index (χ3v) is 4.20. The van der Waals surface area contributed by atoms with Crippen LogP contribution in [0.4, 0.5) is 0 Å². The van der Waals surface area contributed by atoms with E-state index >= 15 is 0 Å². The van der Waals surface area contributed by atoms with Crippen molar-refractivity contribution in [2.75, 3.05) is 6.61 Å². The molecule has 1 aliphatic heterocycles. The SMILES string of the molecule is CCC(N)CC(=O)C1CCOC2(CCC2)C1. The van der Waals surface area contributed by atoms with E-state index in [4.69, 9.17) is 10.5 Å². The van der Waals surface area contributed by atoms with Gasteiger partial charge in [-0.05, 0) is 38.5 Å². The first kappa shape index (κ1) is 12.1. The zero-order valence-electron chi connectivity index (χ0n) is 10.2. The lowest BCUT2D eigenvalue weighted by atomic mass is 9.70. The number of carbonyl (C=O) groups excluding carboxylic acids is 1. The Morgan fingerprint density at radius 1 is 1.56 bits per heavy atom. The van der Waals surface area contributed by atoms with Crippen LogP contribution in [0.1, 0.15) is 51.9 Å². The van der Waals surface area contributed by atoms with E-state index in [9.17, 15) is 4.79 Å².